The second-order valence-electron chi connectivity index (χ2n) is 4.44. The predicted octanol–water partition coefficient (Wildman–Crippen LogP) is 2.46. The molecule has 1 aromatic heterocycles. The van der Waals surface area contributed by atoms with Crippen LogP contribution < -0.4 is 4.72 Å². The molecule has 0 aliphatic heterocycles. The van der Waals surface area contributed by atoms with Gasteiger partial charge in [-0.3, -0.25) is 0 Å². The molecule has 20 heavy (non-hydrogen) atoms. The quantitative estimate of drug-likeness (QED) is 0.747. The smallest absolute Gasteiger partial charge is 0.242 e. The van der Waals surface area contributed by atoms with Crippen LogP contribution in [0.1, 0.15) is 26.7 Å². The Labute approximate surface area is 129 Å². The van der Waals surface area contributed by atoms with Crippen molar-refractivity contribution in [1.82, 2.24) is 9.71 Å². The third kappa shape index (κ3) is 4.56. The van der Waals surface area contributed by atoms with Gasteiger partial charge in [0.05, 0.1) is 11.1 Å². The first-order valence-corrected chi connectivity index (χ1v) is 8.54. The molecule has 0 radical (unpaired) electrons. The second kappa shape index (κ2) is 7.56. The third-order valence-electron chi connectivity index (χ3n) is 3.16. The first kappa shape index (κ1) is 17.7. The molecule has 1 rings (SSSR count). The number of nitrogens with one attached hydrogen (secondary N) is 1. The third-order valence-corrected chi connectivity index (χ3v) is 5.23. The highest BCUT2D eigenvalue weighted by molar-refractivity contribution is 7.89. The number of nitrogens with zero attached hydrogens (tertiary/aromatic N) is 1. The van der Waals surface area contributed by atoms with E-state index in [4.69, 9.17) is 23.2 Å². The number of hydrogen-bond acceptors (Lipinski definition) is 4. The van der Waals surface area contributed by atoms with Crippen LogP contribution in [0.3, 0.4) is 0 Å². The van der Waals surface area contributed by atoms with Gasteiger partial charge in [-0.25, -0.2) is 18.1 Å². The lowest BCUT2D eigenvalue weighted by Crippen LogP contribution is -2.36. The molecule has 0 aliphatic rings. The van der Waals surface area contributed by atoms with Crippen molar-refractivity contribution >= 4 is 33.2 Å². The summed E-state index contributed by atoms with van der Waals surface area (Å²) in [5, 5.41) is 10.0. The molecule has 1 atom stereocenters. The van der Waals surface area contributed by atoms with Gasteiger partial charge in [-0.05, 0) is 12.0 Å². The van der Waals surface area contributed by atoms with Crippen LogP contribution in [0, 0.1) is 5.92 Å². The van der Waals surface area contributed by atoms with E-state index in [-0.39, 0.29) is 27.5 Å². The molecule has 0 saturated heterocycles. The fourth-order valence-electron chi connectivity index (χ4n) is 1.83. The van der Waals surface area contributed by atoms with Crippen LogP contribution >= 0.6 is 23.2 Å². The Morgan fingerprint density at radius 3 is 2.45 bits per heavy atom. The number of hydrogen-bond donors (Lipinski definition) is 2. The molecule has 1 heterocycles. The van der Waals surface area contributed by atoms with Crippen molar-refractivity contribution in [3.05, 3.63) is 22.4 Å². The summed E-state index contributed by atoms with van der Waals surface area (Å²) in [6, 6.07) is 1.22. The Hall–Kier alpha value is -0.400. The molecular weight excluding hydrogens is 323 g/mol. The number of aromatic nitrogens is 1. The Kier molecular flexibility index (Phi) is 6.68. The van der Waals surface area contributed by atoms with Gasteiger partial charge in [0.1, 0.15) is 10.0 Å². The normalized spacial score (nSPS) is 13.7. The maximum Gasteiger partial charge on any atom is 0.242 e. The Morgan fingerprint density at radius 1 is 1.35 bits per heavy atom. The molecule has 5 nitrogen and oxygen atoms in total. The Bertz CT molecular complexity index is 548. The predicted molar refractivity (Wildman–Crippen MR) is 79.5 cm³/mol. The molecule has 0 saturated carbocycles. The van der Waals surface area contributed by atoms with E-state index < -0.39 is 16.1 Å². The minimum absolute atomic E-state index is 0.0441. The van der Waals surface area contributed by atoms with Crippen molar-refractivity contribution in [1.29, 1.82) is 0 Å². The van der Waals surface area contributed by atoms with Crippen LogP contribution in [0.25, 0.3) is 0 Å². The highest BCUT2D eigenvalue weighted by atomic mass is 35.5. The van der Waals surface area contributed by atoms with Crippen LogP contribution in [-0.2, 0) is 10.0 Å². The summed E-state index contributed by atoms with van der Waals surface area (Å²) in [4.78, 5) is 3.61. The molecule has 0 aliphatic carbocycles. The minimum atomic E-state index is -3.76. The van der Waals surface area contributed by atoms with E-state index in [9.17, 15) is 13.5 Å². The second-order valence-corrected chi connectivity index (χ2v) is 6.97. The highest BCUT2D eigenvalue weighted by Gasteiger charge is 2.21. The van der Waals surface area contributed by atoms with Gasteiger partial charge in [0.2, 0.25) is 10.0 Å². The van der Waals surface area contributed by atoms with Crippen LogP contribution in [-0.4, -0.2) is 31.2 Å². The lowest BCUT2D eigenvalue weighted by molar-refractivity contribution is 0.107. The lowest BCUT2D eigenvalue weighted by Gasteiger charge is -2.20. The fourth-order valence-corrected chi connectivity index (χ4v) is 3.18. The van der Waals surface area contributed by atoms with Crippen LogP contribution in [0.2, 0.25) is 10.2 Å². The van der Waals surface area contributed by atoms with Crippen molar-refractivity contribution in [2.75, 3.05) is 6.54 Å². The van der Waals surface area contributed by atoms with E-state index >= 15 is 0 Å². The van der Waals surface area contributed by atoms with Gasteiger partial charge in [0, 0.05) is 12.7 Å². The molecule has 2 N–H and O–H groups in total. The topological polar surface area (TPSA) is 79.3 Å². The Morgan fingerprint density at radius 2 is 1.95 bits per heavy atom. The summed E-state index contributed by atoms with van der Waals surface area (Å²) in [6.07, 6.45) is 1.97. The van der Waals surface area contributed by atoms with Gasteiger partial charge < -0.3 is 5.11 Å². The summed E-state index contributed by atoms with van der Waals surface area (Å²) in [6.45, 7) is 3.86. The van der Waals surface area contributed by atoms with Gasteiger partial charge >= 0.3 is 0 Å². The van der Waals surface area contributed by atoms with Crippen molar-refractivity contribution < 1.29 is 13.5 Å². The molecule has 0 amide bonds. The average molecular weight is 341 g/mol. The number of rotatable bonds is 7. The van der Waals surface area contributed by atoms with Crippen molar-refractivity contribution in [2.45, 2.75) is 37.7 Å². The average Bonchev–Trinajstić information content (AvgIpc) is 2.41. The fraction of sp³-hybridized carbons (Fsp3) is 0.583. The summed E-state index contributed by atoms with van der Waals surface area (Å²) in [5.74, 6) is 0.0598. The zero-order valence-corrected chi connectivity index (χ0v) is 13.6. The van der Waals surface area contributed by atoms with E-state index in [1.807, 2.05) is 13.8 Å². The standard InChI is InChI=1S/C12H18Cl2N2O3S/c1-3-8(4-2)11(17)7-16-20(18,19)9-5-10(13)12(14)15-6-9/h5-6,8,11,16-17H,3-4,7H2,1-2H3. The van der Waals surface area contributed by atoms with Crippen LogP contribution in [0.15, 0.2) is 17.2 Å². The van der Waals surface area contributed by atoms with Gasteiger partial charge in [0.25, 0.3) is 0 Å². The largest absolute Gasteiger partial charge is 0.391 e. The van der Waals surface area contributed by atoms with Gasteiger partial charge in [-0.15, -0.1) is 0 Å². The molecular formula is C12H18Cl2N2O3S. The molecule has 0 spiro atoms. The van der Waals surface area contributed by atoms with E-state index in [0.29, 0.717) is 0 Å². The van der Waals surface area contributed by atoms with Crippen molar-refractivity contribution in [2.24, 2.45) is 5.92 Å². The van der Waals surface area contributed by atoms with E-state index in [1.54, 1.807) is 0 Å². The van der Waals surface area contributed by atoms with Gasteiger partial charge in [0.15, 0.2) is 0 Å². The molecule has 0 aromatic carbocycles. The number of aliphatic hydroxyl groups is 1. The maximum absolute atomic E-state index is 12.0. The molecule has 0 fully saturated rings. The van der Waals surface area contributed by atoms with Gasteiger partial charge in [-0.1, -0.05) is 49.9 Å². The maximum atomic E-state index is 12.0. The Balaban J connectivity index is 2.77. The molecule has 114 valence electrons. The van der Waals surface area contributed by atoms with Crippen LogP contribution in [0.5, 0.6) is 0 Å². The van der Waals surface area contributed by atoms with Gasteiger partial charge in [-0.2, -0.15) is 0 Å². The molecule has 1 aromatic rings. The molecule has 0 bridgehead atoms. The van der Waals surface area contributed by atoms with E-state index in [2.05, 4.69) is 9.71 Å². The number of sulfonamides is 1. The van der Waals surface area contributed by atoms with E-state index in [0.717, 1.165) is 19.0 Å². The molecule has 1 unspecified atom stereocenters. The number of aliphatic hydroxyl groups excluding tert-OH is 1. The first-order valence-electron chi connectivity index (χ1n) is 6.30. The van der Waals surface area contributed by atoms with E-state index in [1.165, 1.54) is 6.07 Å². The summed E-state index contributed by atoms with van der Waals surface area (Å²) >= 11 is 11.4. The number of halogens is 2. The van der Waals surface area contributed by atoms with Crippen LogP contribution in [0.4, 0.5) is 0 Å². The first-order chi connectivity index (χ1) is 9.31. The lowest BCUT2D eigenvalue weighted by atomic mass is 9.97. The summed E-state index contributed by atoms with van der Waals surface area (Å²) < 4.78 is 26.4. The molecule has 8 heteroatoms. The minimum Gasteiger partial charge on any atom is -0.391 e. The zero-order chi connectivity index (χ0) is 15.3. The summed E-state index contributed by atoms with van der Waals surface area (Å²) in [7, 11) is -3.76. The zero-order valence-electron chi connectivity index (χ0n) is 11.3. The summed E-state index contributed by atoms with van der Waals surface area (Å²) in [5.41, 5.74) is 0. The van der Waals surface area contributed by atoms with Crippen molar-refractivity contribution in [3.8, 4) is 0 Å². The van der Waals surface area contributed by atoms with Crippen molar-refractivity contribution in [3.63, 3.8) is 0 Å². The number of pyridine rings is 1. The SMILES string of the molecule is CCC(CC)C(O)CNS(=O)(=O)c1cnc(Cl)c(Cl)c1. The highest BCUT2D eigenvalue weighted by Crippen LogP contribution is 2.22. The monoisotopic (exact) mass is 340 g/mol.